The van der Waals surface area contributed by atoms with E-state index in [1.54, 1.807) is 37.3 Å². The van der Waals surface area contributed by atoms with Gasteiger partial charge in [0.25, 0.3) is 0 Å². The number of rotatable bonds is 9. The molecule has 10 heteroatoms. The summed E-state index contributed by atoms with van der Waals surface area (Å²) in [6, 6.07) is 7.36. The molecular formula is C20H32NO8P. The molecule has 0 amide bonds. The van der Waals surface area contributed by atoms with E-state index in [-0.39, 0.29) is 24.4 Å². The fourth-order valence-electron chi connectivity index (χ4n) is 2.66. The molecule has 1 aromatic carbocycles. The first kappa shape index (κ1) is 24.8. The van der Waals surface area contributed by atoms with E-state index < -0.39 is 44.2 Å². The van der Waals surface area contributed by atoms with E-state index in [0.29, 0.717) is 0 Å². The maximum Gasteiger partial charge on any atom is 0.459 e. The highest BCUT2D eigenvalue weighted by molar-refractivity contribution is 7.52. The number of nitrogens with one attached hydrogen (secondary N) is 1. The standard InChI is InChI=1S/C20H32NO8P/c1-13(19(24)26-12-20(3,4)5)21-30(25,29-15-9-7-6-8-10-15)27-11-16-18(23)17(22)14(2)28-16/h6-10,13-14,16-18,22-23H,11-12H2,1-5H3,(H,21,25)/t13?,14-,16?,17-,18+,30?/m0/s1. The second kappa shape index (κ2) is 10.2. The zero-order chi connectivity index (χ0) is 22.5. The minimum atomic E-state index is -4.06. The Balaban J connectivity index is 2.07. The van der Waals surface area contributed by atoms with Crippen molar-refractivity contribution >= 4 is 13.7 Å². The molecule has 2 rings (SSSR count). The van der Waals surface area contributed by atoms with Gasteiger partial charge in [-0.1, -0.05) is 39.0 Å². The Kier molecular flexibility index (Phi) is 8.44. The average Bonchev–Trinajstić information content (AvgIpc) is 2.91. The highest BCUT2D eigenvalue weighted by Gasteiger charge is 2.42. The minimum absolute atomic E-state index is 0.195. The number of carbonyl (C=O) groups is 1. The highest BCUT2D eigenvalue weighted by Crippen LogP contribution is 2.45. The van der Waals surface area contributed by atoms with Gasteiger partial charge in [0.15, 0.2) is 0 Å². The first-order valence-corrected chi connectivity index (χ1v) is 11.4. The van der Waals surface area contributed by atoms with E-state index in [1.165, 1.54) is 6.92 Å². The average molecular weight is 445 g/mol. The third-order valence-corrected chi connectivity index (χ3v) is 5.98. The van der Waals surface area contributed by atoms with Gasteiger partial charge in [0.05, 0.1) is 19.3 Å². The lowest BCUT2D eigenvalue weighted by Crippen LogP contribution is -2.38. The van der Waals surface area contributed by atoms with Gasteiger partial charge in [-0.05, 0) is 31.4 Å². The maximum absolute atomic E-state index is 13.4. The molecule has 0 saturated carbocycles. The summed E-state index contributed by atoms with van der Waals surface area (Å²) < 4.78 is 35.1. The molecule has 9 nitrogen and oxygen atoms in total. The number of hydrogen-bond acceptors (Lipinski definition) is 8. The number of para-hydroxylation sites is 1. The first-order chi connectivity index (χ1) is 13.9. The molecule has 1 saturated heterocycles. The number of aliphatic hydroxyl groups excluding tert-OH is 2. The first-order valence-electron chi connectivity index (χ1n) is 9.85. The van der Waals surface area contributed by atoms with Crippen molar-refractivity contribution < 1.29 is 38.1 Å². The van der Waals surface area contributed by atoms with Crippen LogP contribution in [0.3, 0.4) is 0 Å². The maximum atomic E-state index is 13.4. The van der Waals surface area contributed by atoms with Crippen molar-refractivity contribution in [3.05, 3.63) is 30.3 Å². The Morgan fingerprint density at radius 2 is 1.87 bits per heavy atom. The molecule has 1 heterocycles. The third-order valence-electron chi connectivity index (χ3n) is 4.33. The molecule has 170 valence electrons. The SMILES string of the molecule is CC(NP(=O)(OCC1O[C@@H](C)[C@H](O)[C@@H]1O)Oc1ccccc1)C(=O)OCC(C)(C)C. The molecule has 1 aromatic rings. The molecule has 3 unspecified atom stereocenters. The van der Waals surface area contributed by atoms with Gasteiger partial charge in [-0.15, -0.1) is 0 Å². The summed E-state index contributed by atoms with van der Waals surface area (Å²) in [6.45, 7) is 8.75. The molecule has 1 aliphatic heterocycles. The van der Waals surface area contributed by atoms with E-state index in [0.717, 1.165) is 0 Å². The van der Waals surface area contributed by atoms with E-state index in [9.17, 15) is 19.6 Å². The van der Waals surface area contributed by atoms with Gasteiger partial charge in [-0.2, -0.15) is 5.09 Å². The summed E-state index contributed by atoms with van der Waals surface area (Å²) >= 11 is 0. The lowest BCUT2D eigenvalue weighted by Gasteiger charge is -2.25. The lowest BCUT2D eigenvalue weighted by molar-refractivity contribution is -0.148. The Hall–Kier alpha value is -1.48. The lowest BCUT2D eigenvalue weighted by atomic mass is 9.99. The number of hydrogen-bond donors (Lipinski definition) is 3. The molecule has 0 radical (unpaired) electrons. The van der Waals surface area contributed by atoms with Gasteiger partial charge in [0, 0.05) is 0 Å². The van der Waals surface area contributed by atoms with Gasteiger partial charge >= 0.3 is 13.7 Å². The van der Waals surface area contributed by atoms with Crippen LogP contribution in [0.15, 0.2) is 30.3 Å². The predicted molar refractivity (Wildman–Crippen MR) is 110 cm³/mol. The molecule has 0 aromatic heterocycles. The number of aliphatic hydroxyl groups is 2. The van der Waals surface area contributed by atoms with E-state index in [4.69, 9.17) is 18.5 Å². The number of benzene rings is 1. The van der Waals surface area contributed by atoms with Crippen molar-refractivity contribution in [1.29, 1.82) is 0 Å². The van der Waals surface area contributed by atoms with Crippen LogP contribution in [0.5, 0.6) is 5.75 Å². The van der Waals surface area contributed by atoms with Gasteiger partial charge in [-0.3, -0.25) is 9.32 Å². The molecule has 1 aliphatic rings. The van der Waals surface area contributed by atoms with Crippen LogP contribution in [0.2, 0.25) is 0 Å². The third kappa shape index (κ3) is 7.34. The normalized spacial score (nSPS) is 27.3. The highest BCUT2D eigenvalue weighted by atomic mass is 31.2. The molecule has 3 N–H and O–H groups in total. The van der Waals surface area contributed by atoms with Gasteiger partial charge < -0.3 is 24.2 Å². The quantitative estimate of drug-likeness (QED) is 0.388. The van der Waals surface area contributed by atoms with Crippen LogP contribution in [-0.2, 0) is 23.4 Å². The number of esters is 1. The zero-order valence-corrected chi connectivity index (χ0v) is 18.9. The summed E-state index contributed by atoms with van der Waals surface area (Å²) in [4.78, 5) is 12.3. The molecule has 1 fully saturated rings. The molecule has 0 bridgehead atoms. The van der Waals surface area contributed by atoms with Crippen LogP contribution >= 0.6 is 7.75 Å². The minimum Gasteiger partial charge on any atom is -0.464 e. The molecule has 30 heavy (non-hydrogen) atoms. The molecule has 6 atom stereocenters. The monoisotopic (exact) mass is 445 g/mol. The summed E-state index contributed by atoms with van der Waals surface area (Å²) in [5, 5.41) is 22.5. The molecule has 0 spiro atoms. The fraction of sp³-hybridized carbons (Fsp3) is 0.650. The van der Waals surface area contributed by atoms with Crippen LogP contribution in [-0.4, -0.2) is 59.9 Å². The summed E-state index contributed by atoms with van der Waals surface area (Å²) in [6.07, 6.45) is -3.76. The largest absolute Gasteiger partial charge is 0.464 e. The predicted octanol–water partition coefficient (Wildman–Crippen LogP) is 2.27. The number of carbonyl (C=O) groups excluding carboxylic acids is 1. The van der Waals surface area contributed by atoms with Crippen molar-refractivity contribution in [1.82, 2.24) is 5.09 Å². The summed E-state index contributed by atoms with van der Waals surface area (Å²) in [5.41, 5.74) is -0.219. The van der Waals surface area contributed by atoms with Gasteiger partial charge in [-0.25, -0.2) is 4.57 Å². The fourth-order valence-corrected chi connectivity index (χ4v) is 4.16. The second-order valence-electron chi connectivity index (χ2n) is 8.58. The van der Waals surface area contributed by atoms with E-state index >= 15 is 0 Å². The van der Waals surface area contributed by atoms with Crippen LogP contribution in [0, 0.1) is 5.41 Å². The van der Waals surface area contributed by atoms with Crippen molar-refractivity contribution in [3.63, 3.8) is 0 Å². The number of ether oxygens (including phenoxy) is 2. The Bertz CT molecular complexity index is 738. The molecule has 0 aliphatic carbocycles. The Labute approximate surface area is 177 Å². The van der Waals surface area contributed by atoms with Crippen LogP contribution in [0.25, 0.3) is 0 Å². The Morgan fingerprint density at radius 1 is 1.23 bits per heavy atom. The van der Waals surface area contributed by atoms with Crippen LogP contribution in [0.4, 0.5) is 0 Å². The second-order valence-corrected chi connectivity index (χ2v) is 10.3. The smallest absolute Gasteiger partial charge is 0.459 e. The van der Waals surface area contributed by atoms with Crippen LogP contribution < -0.4 is 9.61 Å². The van der Waals surface area contributed by atoms with E-state index in [2.05, 4.69) is 5.09 Å². The van der Waals surface area contributed by atoms with Gasteiger partial charge in [0.1, 0.15) is 30.1 Å². The topological polar surface area (TPSA) is 124 Å². The van der Waals surface area contributed by atoms with Crippen molar-refractivity contribution in [2.75, 3.05) is 13.2 Å². The van der Waals surface area contributed by atoms with E-state index in [1.807, 2.05) is 20.8 Å². The Morgan fingerprint density at radius 3 is 2.40 bits per heavy atom. The zero-order valence-electron chi connectivity index (χ0n) is 18.0. The summed E-state index contributed by atoms with van der Waals surface area (Å²) in [5.74, 6) is -0.337. The summed E-state index contributed by atoms with van der Waals surface area (Å²) in [7, 11) is -4.06. The van der Waals surface area contributed by atoms with Crippen molar-refractivity contribution in [3.8, 4) is 5.75 Å². The molecular weight excluding hydrogens is 413 g/mol. The van der Waals surface area contributed by atoms with Crippen LogP contribution in [0.1, 0.15) is 34.6 Å². The van der Waals surface area contributed by atoms with Crippen molar-refractivity contribution in [2.24, 2.45) is 5.41 Å². The van der Waals surface area contributed by atoms with Crippen molar-refractivity contribution in [2.45, 2.75) is 65.1 Å². The van der Waals surface area contributed by atoms with Gasteiger partial charge in [0.2, 0.25) is 0 Å².